The van der Waals surface area contributed by atoms with Crippen molar-refractivity contribution in [3.63, 3.8) is 0 Å². The Morgan fingerprint density at radius 3 is 2.52 bits per heavy atom. The first-order valence-electron chi connectivity index (χ1n) is 7.45. The van der Waals surface area contributed by atoms with Gasteiger partial charge in [-0.15, -0.1) is 11.3 Å². The molecule has 2 N–H and O–H groups in total. The lowest BCUT2D eigenvalue weighted by molar-refractivity contribution is -0.147. The summed E-state index contributed by atoms with van der Waals surface area (Å²) < 4.78 is 6.07. The third kappa shape index (κ3) is 6.83. The second kappa shape index (κ2) is 9.52. The van der Waals surface area contributed by atoms with Gasteiger partial charge < -0.3 is 15.4 Å². The second-order valence-electron chi connectivity index (χ2n) is 5.19. The maximum atomic E-state index is 12.0. The molecule has 1 heterocycles. The summed E-state index contributed by atoms with van der Waals surface area (Å²) in [5, 5.41) is 7.23. The molecule has 0 aliphatic carbocycles. The summed E-state index contributed by atoms with van der Waals surface area (Å²) in [7, 11) is 0. The first-order valence-corrected chi connectivity index (χ1v) is 9.41. The van der Waals surface area contributed by atoms with Gasteiger partial charge in [0.1, 0.15) is 0 Å². The molecular formula is C17H17IN2O4S. The van der Waals surface area contributed by atoms with Gasteiger partial charge in [0.2, 0.25) is 5.91 Å². The number of esters is 1. The molecule has 0 saturated carbocycles. The van der Waals surface area contributed by atoms with Gasteiger partial charge in [-0.25, -0.2) is 0 Å². The Labute approximate surface area is 163 Å². The molecule has 2 rings (SSSR count). The normalized spacial score (nSPS) is 11.4. The lowest BCUT2D eigenvalue weighted by Gasteiger charge is -2.15. The van der Waals surface area contributed by atoms with Crippen molar-refractivity contribution in [1.29, 1.82) is 0 Å². The number of amides is 2. The number of ether oxygens (including phenoxy) is 1. The Kier molecular flexibility index (Phi) is 7.38. The van der Waals surface area contributed by atoms with Gasteiger partial charge in [-0.05, 0) is 58.3 Å². The molecule has 25 heavy (non-hydrogen) atoms. The fraction of sp³-hybridized carbons (Fsp3) is 0.235. The molecule has 1 aromatic heterocycles. The van der Waals surface area contributed by atoms with Crippen LogP contribution in [-0.4, -0.2) is 24.4 Å². The van der Waals surface area contributed by atoms with Crippen LogP contribution in [0.1, 0.15) is 24.3 Å². The highest BCUT2D eigenvalue weighted by molar-refractivity contribution is 14.1. The van der Waals surface area contributed by atoms with Gasteiger partial charge in [-0.1, -0.05) is 6.07 Å². The fourth-order valence-electron chi connectivity index (χ4n) is 2.06. The van der Waals surface area contributed by atoms with E-state index in [0.29, 0.717) is 5.69 Å². The zero-order valence-electron chi connectivity index (χ0n) is 13.5. The molecule has 2 aromatic rings. The second-order valence-corrected chi connectivity index (χ2v) is 7.41. The minimum atomic E-state index is -0.551. The minimum Gasteiger partial charge on any atom is -0.455 e. The summed E-state index contributed by atoms with van der Waals surface area (Å²) in [6.45, 7) is 1.02. The standard InChI is InChI=1S/C17H17IN2O4S/c1-11(21)19-14(15-3-2-8-25-15)9-17(23)24-10-16(22)20-13-6-4-12(18)5-7-13/h2-8,14H,9-10H2,1H3,(H,19,21)(H,20,22). The Balaban J connectivity index is 1.82. The number of carbonyl (C=O) groups excluding carboxylic acids is 3. The van der Waals surface area contributed by atoms with Crippen molar-refractivity contribution in [2.24, 2.45) is 0 Å². The number of halogens is 1. The van der Waals surface area contributed by atoms with E-state index in [-0.39, 0.29) is 18.9 Å². The number of thiophene rings is 1. The molecule has 1 aromatic carbocycles. The zero-order valence-corrected chi connectivity index (χ0v) is 16.4. The van der Waals surface area contributed by atoms with E-state index in [4.69, 9.17) is 4.74 Å². The Bertz CT molecular complexity index is 732. The molecule has 0 fully saturated rings. The highest BCUT2D eigenvalue weighted by Crippen LogP contribution is 2.22. The summed E-state index contributed by atoms with van der Waals surface area (Å²) in [5.74, 6) is -1.20. The molecule has 0 aliphatic rings. The van der Waals surface area contributed by atoms with Crippen molar-refractivity contribution in [3.8, 4) is 0 Å². The molecule has 0 saturated heterocycles. The van der Waals surface area contributed by atoms with E-state index in [1.165, 1.54) is 18.3 Å². The summed E-state index contributed by atoms with van der Waals surface area (Å²) >= 11 is 3.61. The minimum absolute atomic E-state index is 0.0308. The van der Waals surface area contributed by atoms with Crippen molar-refractivity contribution in [2.75, 3.05) is 11.9 Å². The number of carbonyl (C=O) groups is 3. The van der Waals surface area contributed by atoms with Gasteiger partial charge in [0, 0.05) is 21.1 Å². The average molecular weight is 472 g/mol. The van der Waals surface area contributed by atoms with E-state index in [1.807, 2.05) is 29.6 Å². The van der Waals surface area contributed by atoms with Crippen molar-refractivity contribution >= 4 is 57.4 Å². The largest absolute Gasteiger partial charge is 0.455 e. The molecule has 0 spiro atoms. The zero-order chi connectivity index (χ0) is 18.2. The van der Waals surface area contributed by atoms with Crippen LogP contribution in [0.15, 0.2) is 41.8 Å². The Morgan fingerprint density at radius 2 is 1.92 bits per heavy atom. The quantitative estimate of drug-likeness (QED) is 0.479. The maximum absolute atomic E-state index is 12.0. The van der Waals surface area contributed by atoms with Crippen LogP contribution in [0.4, 0.5) is 5.69 Å². The van der Waals surface area contributed by atoms with Crippen molar-refractivity contribution in [3.05, 3.63) is 50.2 Å². The molecular weight excluding hydrogens is 455 g/mol. The predicted molar refractivity (Wildman–Crippen MR) is 104 cm³/mol. The molecule has 132 valence electrons. The number of anilines is 1. The predicted octanol–water partition coefficient (Wildman–Crippen LogP) is 3.10. The number of hydrogen-bond donors (Lipinski definition) is 2. The molecule has 0 radical (unpaired) electrons. The van der Waals surface area contributed by atoms with E-state index >= 15 is 0 Å². The molecule has 1 unspecified atom stereocenters. The lowest BCUT2D eigenvalue weighted by atomic mass is 10.1. The van der Waals surface area contributed by atoms with Gasteiger partial charge in [-0.3, -0.25) is 14.4 Å². The maximum Gasteiger partial charge on any atom is 0.308 e. The molecule has 0 bridgehead atoms. The van der Waals surface area contributed by atoms with E-state index in [9.17, 15) is 14.4 Å². The van der Waals surface area contributed by atoms with Gasteiger partial charge in [0.25, 0.3) is 5.91 Å². The van der Waals surface area contributed by atoms with E-state index < -0.39 is 17.9 Å². The number of hydrogen-bond acceptors (Lipinski definition) is 5. The Hall–Kier alpha value is -1.94. The number of nitrogens with one attached hydrogen (secondary N) is 2. The van der Waals surface area contributed by atoms with E-state index in [0.717, 1.165) is 8.45 Å². The first-order chi connectivity index (χ1) is 11.9. The summed E-state index contributed by atoms with van der Waals surface area (Å²) in [6.07, 6.45) is -0.0308. The molecule has 1 atom stereocenters. The van der Waals surface area contributed by atoms with Crippen LogP contribution in [0.5, 0.6) is 0 Å². The highest BCUT2D eigenvalue weighted by Gasteiger charge is 2.19. The van der Waals surface area contributed by atoms with Crippen LogP contribution < -0.4 is 10.6 Å². The monoisotopic (exact) mass is 472 g/mol. The van der Waals surface area contributed by atoms with Crippen molar-refractivity contribution in [1.82, 2.24) is 5.32 Å². The van der Waals surface area contributed by atoms with Crippen LogP contribution in [0.25, 0.3) is 0 Å². The fourth-order valence-corrected chi connectivity index (χ4v) is 3.20. The Morgan fingerprint density at radius 1 is 1.20 bits per heavy atom. The van der Waals surface area contributed by atoms with Crippen LogP contribution in [-0.2, 0) is 19.1 Å². The van der Waals surface area contributed by atoms with Gasteiger partial charge in [0.05, 0.1) is 12.5 Å². The lowest BCUT2D eigenvalue weighted by Crippen LogP contribution is -2.29. The average Bonchev–Trinajstić information content (AvgIpc) is 3.08. The summed E-state index contributed by atoms with van der Waals surface area (Å²) in [5.41, 5.74) is 0.635. The highest BCUT2D eigenvalue weighted by atomic mass is 127. The van der Waals surface area contributed by atoms with Gasteiger partial charge in [0.15, 0.2) is 6.61 Å². The van der Waals surface area contributed by atoms with E-state index in [2.05, 4.69) is 33.2 Å². The molecule has 2 amide bonds. The first kappa shape index (κ1) is 19.4. The summed E-state index contributed by atoms with van der Waals surface area (Å²) in [6, 6.07) is 10.5. The van der Waals surface area contributed by atoms with Crippen molar-refractivity contribution < 1.29 is 19.1 Å². The van der Waals surface area contributed by atoms with Crippen molar-refractivity contribution in [2.45, 2.75) is 19.4 Å². The topological polar surface area (TPSA) is 84.5 Å². The SMILES string of the molecule is CC(=O)NC(CC(=O)OCC(=O)Nc1ccc(I)cc1)c1cccs1. The van der Waals surface area contributed by atoms with Crippen LogP contribution in [0, 0.1) is 3.57 Å². The molecule has 6 nitrogen and oxygen atoms in total. The van der Waals surface area contributed by atoms with Gasteiger partial charge in [-0.2, -0.15) is 0 Å². The molecule has 8 heteroatoms. The third-order valence-corrected chi connectivity index (χ3v) is 4.83. The number of benzene rings is 1. The third-order valence-electron chi connectivity index (χ3n) is 3.13. The van der Waals surface area contributed by atoms with E-state index in [1.54, 1.807) is 12.1 Å². The van der Waals surface area contributed by atoms with Crippen LogP contribution in [0.2, 0.25) is 0 Å². The molecule has 0 aliphatic heterocycles. The summed E-state index contributed by atoms with van der Waals surface area (Å²) in [4.78, 5) is 36.0. The smallest absolute Gasteiger partial charge is 0.308 e. The van der Waals surface area contributed by atoms with Crippen LogP contribution in [0.3, 0.4) is 0 Å². The van der Waals surface area contributed by atoms with Crippen LogP contribution >= 0.6 is 33.9 Å². The number of rotatable bonds is 7. The van der Waals surface area contributed by atoms with Gasteiger partial charge >= 0.3 is 5.97 Å².